The molecule has 0 aliphatic carbocycles. The molecular weight excluding hydrogens is 887 g/mol. The fourth-order valence-electron chi connectivity index (χ4n) is 10.7. The fourth-order valence-corrected chi connectivity index (χ4v) is 10.7. The summed E-state index contributed by atoms with van der Waals surface area (Å²) in [5.41, 5.74) is 0. The highest BCUT2D eigenvalue weighted by Crippen LogP contribution is 2.24. The van der Waals surface area contributed by atoms with Gasteiger partial charge in [0.05, 0.1) is 25.4 Å². The zero-order valence-corrected chi connectivity index (χ0v) is 47.3. The van der Waals surface area contributed by atoms with Gasteiger partial charge in [0.15, 0.2) is 6.29 Å². The van der Waals surface area contributed by atoms with E-state index in [-0.39, 0.29) is 12.5 Å². The first-order valence-electron chi connectivity index (χ1n) is 31.7. The van der Waals surface area contributed by atoms with Gasteiger partial charge in [-0.1, -0.05) is 316 Å². The maximum atomic E-state index is 13.1. The molecule has 1 aliphatic heterocycles. The summed E-state index contributed by atoms with van der Waals surface area (Å²) in [5.74, 6) is -0.137. The first-order chi connectivity index (χ1) is 34.8. The lowest BCUT2D eigenvalue weighted by molar-refractivity contribution is -0.302. The molecule has 0 saturated carbocycles. The van der Waals surface area contributed by atoms with Crippen molar-refractivity contribution in [3.63, 3.8) is 0 Å². The van der Waals surface area contributed by atoms with Crippen LogP contribution in [0.2, 0.25) is 0 Å². The topological polar surface area (TPSA) is 149 Å². The third-order valence-electron chi connectivity index (χ3n) is 15.7. The third kappa shape index (κ3) is 42.0. The van der Waals surface area contributed by atoms with E-state index in [2.05, 4.69) is 19.2 Å². The van der Waals surface area contributed by atoms with Gasteiger partial charge < -0.3 is 40.3 Å². The van der Waals surface area contributed by atoms with Crippen molar-refractivity contribution in [2.75, 3.05) is 13.2 Å². The summed E-state index contributed by atoms with van der Waals surface area (Å²) in [5, 5.41) is 54.7. The Labute approximate surface area is 440 Å². The summed E-state index contributed by atoms with van der Waals surface area (Å²) >= 11 is 0. The molecule has 7 atom stereocenters. The van der Waals surface area contributed by atoms with E-state index in [0.29, 0.717) is 12.8 Å². The Morgan fingerprint density at radius 3 is 1.00 bits per heavy atom. The number of hydrogen-bond acceptors (Lipinski definition) is 8. The van der Waals surface area contributed by atoms with Crippen LogP contribution < -0.4 is 5.32 Å². The molecule has 424 valence electrons. The van der Waals surface area contributed by atoms with E-state index in [4.69, 9.17) is 9.47 Å². The normalized spacial score (nSPS) is 19.1. The summed E-state index contributed by atoms with van der Waals surface area (Å²) in [7, 11) is 0. The van der Waals surface area contributed by atoms with Crippen molar-refractivity contribution in [3.8, 4) is 0 Å². The predicted molar refractivity (Wildman–Crippen MR) is 300 cm³/mol. The van der Waals surface area contributed by atoms with Crippen molar-refractivity contribution >= 4 is 5.91 Å². The summed E-state index contributed by atoms with van der Waals surface area (Å²) < 4.78 is 11.3. The molecule has 71 heavy (non-hydrogen) atoms. The van der Waals surface area contributed by atoms with Crippen molar-refractivity contribution in [1.29, 1.82) is 0 Å². The Kier molecular flexibility index (Phi) is 50.6. The molecule has 0 spiro atoms. The Morgan fingerprint density at radius 1 is 0.423 bits per heavy atom. The summed E-state index contributed by atoms with van der Waals surface area (Å²) in [6, 6.07) is -0.713. The van der Waals surface area contributed by atoms with Crippen LogP contribution >= 0.6 is 0 Å². The van der Waals surface area contributed by atoms with E-state index in [9.17, 15) is 30.3 Å². The molecule has 1 aliphatic rings. The maximum Gasteiger partial charge on any atom is 0.220 e. The molecule has 0 aromatic carbocycles. The SMILES string of the molecule is CCCCCCCCCCCCCCCCCCCCCCCCCCCCCCCCCCCC(O)C(COC1OC(CO)C(O)C(O)C1O)NC(=O)CCCCCCCCCCCCCCCCC. The lowest BCUT2D eigenvalue weighted by Gasteiger charge is -2.40. The molecule has 0 aromatic heterocycles. The van der Waals surface area contributed by atoms with Crippen LogP contribution in [0.4, 0.5) is 0 Å². The van der Waals surface area contributed by atoms with Crippen molar-refractivity contribution in [2.45, 2.75) is 378 Å². The van der Waals surface area contributed by atoms with Crippen LogP contribution in [-0.4, -0.2) is 87.5 Å². The van der Waals surface area contributed by atoms with Crippen LogP contribution in [0.5, 0.6) is 0 Å². The largest absolute Gasteiger partial charge is 0.394 e. The molecule has 0 aromatic rings. The lowest BCUT2D eigenvalue weighted by atomic mass is 9.99. The van der Waals surface area contributed by atoms with E-state index in [1.807, 2.05) is 0 Å². The van der Waals surface area contributed by atoms with Crippen molar-refractivity contribution in [1.82, 2.24) is 5.32 Å². The third-order valence-corrected chi connectivity index (χ3v) is 15.7. The van der Waals surface area contributed by atoms with Gasteiger partial charge in [0.2, 0.25) is 5.91 Å². The molecule has 6 N–H and O–H groups in total. The molecule has 1 heterocycles. The minimum atomic E-state index is -1.55. The van der Waals surface area contributed by atoms with Crippen LogP contribution in [0.15, 0.2) is 0 Å². The summed E-state index contributed by atoms with van der Waals surface area (Å²) in [6.45, 7) is 3.89. The number of hydrogen-bond donors (Lipinski definition) is 6. The molecule has 9 heteroatoms. The van der Waals surface area contributed by atoms with Crippen LogP contribution in [0.25, 0.3) is 0 Å². The highest BCUT2D eigenvalue weighted by molar-refractivity contribution is 5.76. The molecule has 1 amide bonds. The zero-order chi connectivity index (χ0) is 51.5. The van der Waals surface area contributed by atoms with Gasteiger partial charge in [-0.2, -0.15) is 0 Å². The van der Waals surface area contributed by atoms with Gasteiger partial charge in [0, 0.05) is 6.42 Å². The summed E-state index contributed by atoms with van der Waals surface area (Å²) in [6.07, 6.45) is 57.3. The highest BCUT2D eigenvalue weighted by atomic mass is 16.7. The number of aliphatic hydroxyl groups excluding tert-OH is 5. The van der Waals surface area contributed by atoms with Crippen molar-refractivity contribution in [2.24, 2.45) is 0 Å². The average Bonchev–Trinajstić information content (AvgIpc) is 3.37. The standard InChI is InChI=1S/C62H123NO8/c1-3-5-7-9-11-13-15-17-19-20-21-22-23-24-25-26-27-28-29-30-31-32-33-34-35-36-38-39-41-43-45-47-49-51-56(65)55(54-70-62-61(69)60(68)59(67)57(53-64)71-62)63-58(66)52-50-48-46-44-42-40-37-18-16-14-12-10-8-6-4-2/h55-57,59-62,64-65,67-69H,3-54H2,1-2H3,(H,63,66). The quantitative estimate of drug-likeness (QED) is 0.0330. The van der Waals surface area contributed by atoms with Gasteiger partial charge in [0.25, 0.3) is 0 Å². The maximum absolute atomic E-state index is 13.1. The van der Waals surface area contributed by atoms with Gasteiger partial charge in [-0.25, -0.2) is 0 Å². The second kappa shape index (κ2) is 52.6. The zero-order valence-electron chi connectivity index (χ0n) is 47.3. The molecular formula is C62H123NO8. The van der Waals surface area contributed by atoms with E-state index in [1.165, 1.54) is 270 Å². The summed E-state index contributed by atoms with van der Waals surface area (Å²) in [4.78, 5) is 13.1. The predicted octanol–water partition coefficient (Wildman–Crippen LogP) is 16.2. The fraction of sp³-hybridized carbons (Fsp3) is 0.984. The van der Waals surface area contributed by atoms with Crippen LogP contribution in [0.3, 0.4) is 0 Å². The molecule has 1 rings (SSSR count). The Balaban J connectivity index is 2.08. The monoisotopic (exact) mass is 1010 g/mol. The van der Waals surface area contributed by atoms with Crippen LogP contribution in [0, 0.1) is 0 Å². The minimum Gasteiger partial charge on any atom is -0.394 e. The average molecular weight is 1010 g/mol. The van der Waals surface area contributed by atoms with E-state index in [1.54, 1.807) is 0 Å². The van der Waals surface area contributed by atoms with Gasteiger partial charge in [-0.3, -0.25) is 4.79 Å². The van der Waals surface area contributed by atoms with Crippen molar-refractivity contribution < 1.29 is 39.8 Å². The number of rotatable bonds is 56. The van der Waals surface area contributed by atoms with Crippen LogP contribution in [-0.2, 0) is 14.3 Å². The first-order valence-corrected chi connectivity index (χ1v) is 31.7. The Morgan fingerprint density at radius 2 is 0.704 bits per heavy atom. The molecule has 0 bridgehead atoms. The van der Waals surface area contributed by atoms with Gasteiger partial charge in [0.1, 0.15) is 24.4 Å². The first kappa shape index (κ1) is 68.2. The van der Waals surface area contributed by atoms with E-state index in [0.717, 1.165) is 38.5 Å². The second-order valence-electron chi connectivity index (χ2n) is 22.6. The highest BCUT2D eigenvalue weighted by Gasteiger charge is 2.44. The second-order valence-corrected chi connectivity index (χ2v) is 22.6. The number of carbonyl (C=O) groups is 1. The molecule has 0 radical (unpaired) electrons. The number of amides is 1. The van der Waals surface area contributed by atoms with Gasteiger partial charge in [-0.05, 0) is 12.8 Å². The molecule has 1 fully saturated rings. The lowest BCUT2D eigenvalue weighted by Crippen LogP contribution is -2.60. The smallest absolute Gasteiger partial charge is 0.220 e. The molecule has 1 saturated heterocycles. The van der Waals surface area contributed by atoms with E-state index >= 15 is 0 Å². The number of aliphatic hydroxyl groups is 5. The number of carbonyl (C=O) groups excluding carboxylic acids is 1. The van der Waals surface area contributed by atoms with Crippen molar-refractivity contribution in [3.05, 3.63) is 0 Å². The van der Waals surface area contributed by atoms with Crippen LogP contribution in [0.1, 0.15) is 335 Å². The number of ether oxygens (including phenoxy) is 2. The van der Waals surface area contributed by atoms with E-state index < -0.39 is 49.5 Å². The van der Waals surface area contributed by atoms with Gasteiger partial charge >= 0.3 is 0 Å². The van der Waals surface area contributed by atoms with Gasteiger partial charge in [-0.15, -0.1) is 0 Å². The molecule has 7 unspecified atom stereocenters. The molecule has 9 nitrogen and oxygen atoms in total. The minimum absolute atomic E-state index is 0.131. The Bertz CT molecular complexity index is 1080. The Hall–Kier alpha value is -0.810. The number of unbranched alkanes of at least 4 members (excludes halogenated alkanes) is 46. The number of nitrogens with one attached hydrogen (secondary N) is 1.